The number of hydrogen-bond acceptors (Lipinski definition) is 3. The monoisotopic (exact) mass is 476 g/mol. The molecular formula is C28H29ClN2O3. The van der Waals surface area contributed by atoms with Crippen molar-refractivity contribution in [3.63, 3.8) is 0 Å². The number of ether oxygens (including phenoxy) is 1. The zero-order valence-corrected chi connectivity index (χ0v) is 19.9. The first kappa shape index (κ1) is 24.0. The van der Waals surface area contributed by atoms with Crippen molar-refractivity contribution >= 4 is 23.4 Å². The average molecular weight is 477 g/mol. The highest BCUT2D eigenvalue weighted by Crippen LogP contribution is 2.18. The van der Waals surface area contributed by atoms with E-state index in [4.69, 9.17) is 16.3 Å². The van der Waals surface area contributed by atoms with Gasteiger partial charge in [0.1, 0.15) is 0 Å². The fourth-order valence-electron chi connectivity index (χ4n) is 4.26. The third kappa shape index (κ3) is 6.46. The van der Waals surface area contributed by atoms with Gasteiger partial charge in [0, 0.05) is 36.6 Å². The lowest BCUT2D eigenvalue weighted by atomic mass is 10.0. The molecule has 1 heterocycles. The first-order valence-corrected chi connectivity index (χ1v) is 12.0. The quantitative estimate of drug-likeness (QED) is 0.467. The highest BCUT2D eigenvalue weighted by Gasteiger charge is 2.29. The van der Waals surface area contributed by atoms with E-state index in [9.17, 15) is 9.59 Å². The van der Waals surface area contributed by atoms with Gasteiger partial charge in [-0.05, 0) is 35.7 Å². The SMILES string of the molecule is O=C(c1cccc(Cl)c1)N1CCC(=O)N([C@H](COCc2ccccc2)Cc2ccccc2)CC1. The van der Waals surface area contributed by atoms with Crippen LogP contribution in [0.3, 0.4) is 0 Å². The molecule has 1 fully saturated rings. The predicted octanol–water partition coefficient (Wildman–Crippen LogP) is 4.84. The molecule has 1 aliphatic heterocycles. The fraction of sp³-hybridized carbons (Fsp3) is 0.286. The van der Waals surface area contributed by atoms with Crippen LogP contribution in [0, 0.1) is 0 Å². The Balaban J connectivity index is 1.45. The van der Waals surface area contributed by atoms with Crippen LogP contribution >= 0.6 is 11.6 Å². The van der Waals surface area contributed by atoms with E-state index in [2.05, 4.69) is 12.1 Å². The molecule has 0 bridgehead atoms. The summed E-state index contributed by atoms with van der Waals surface area (Å²) in [6.45, 7) is 2.26. The average Bonchev–Trinajstić information content (AvgIpc) is 3.06. The number of carbonyl (C=O) groups is 2. The summed E-state index contributed by atoms with van der Waals surface area (Å²) < 4.78 is 6.06. The number of amides is 2. The molecule has 0 saturated carbocycles. The molecule has 34 heavy (non-hydrogen) atoms. The highest BCUT2D eigenvalue weighted by atomic mass is 35.5. The van der Waals surface area contributed by atoms with Gasteiger partial charge in [-0.2, -0.15) is 0 Å². The summed E-state index contributed by atoms with van der Waals surface area (Å²) in [5, 5.41) is 0.525. The summed E-state index contributed by atoms with van der Waals surface area (Å²) in [4.78, 5) is 29.8. The van der Waals surface area contributed by atoms with Crippen LogP contribution in [0.15, 0.2) is 84.9 Å². The molecule has 3 aromatic rings. The second-order valence-electron chi connectivity index (χ2n) is 8.48. The van der Waals surface area contributed by atoms with Gasteiger partial charge in [-0.15, -0.1) is 0 Å². The Morgan fingerprint density at radius 3 is 2.29 bits per heavy atom. The van der Waals surface area contributed by atoms with Crippen molar-refractivity contribution < 1.29 is 14.3 Å². The normalized spacial score (nSPS) is 15.1. The molecule has 6 heteroatoms. The largest absolute Gasteiger partial charge is 0.375 e. The van der Waals surface area contributed by atoms with Gasteiger partial charge < -0.3 is 14.5 Å². The molecular weight excluding hydrogens is 448 g/mol. The fourth-order valence-corrected chi connectivity index (χ4v) is 4.46. The van der Waals surface area contributed by atoms with Gasteiger partial charge in [0.2, 0.25) is 5.91 Å². The second-order valence-corrected chi connectivity index (χ2v) is 8.92. The minimum Gasteiger partial charge on any atom is -0.375 e. The Bertz CT molecular complexity index is 1090. The third-order valence-corrected chi connectivity index (χ3v) is 6.30. The maximum atomic E-state index is 13.1. The van der Waals surface area contributed by atoms with Gasteiger partial charge in [0.05, 0.1) is 19.3 Å². The molecule has 5 nitrogen and oxygen atoms in total. The molecule has 1 saturated heterocycles. The van der Waals surface area contributed by atoms with E-state index in [1.165, 1.54) is 0 Å². The van der Waals surface area contributed by atoms with Crippen molar-refractivity contribution in [2.75, 3.05) is 26.2 Å². The molecule has 0 aliphatic carbocycles. The van der Waals surface area contributed by atoms with Gasteiger partial charge in [-0.25, -0.2) is 0 Å². The van der Waals surface area contributed by atoms with Crippen LogP contribution in [-0.2, 0) is 22.6 Å². The van der Waals surface area contributed by atoms with Crippen molar-refractivity contribution in [3.05, 3.63) is 107 Å². The lowest BCUT2D eigenvalue weighted by Gasteiger charge is -2.31. The zero-order valence-electron chi connectivity index (χ0n) is 19.1. The van der Waals surface area contributed by atoms with Crippen LogP contribution in [0.2, 0.25) is 5.02 Å². The predicted molar refractivity (Wildman–Crippen MR) is 134 cm³/mol. The minimum atomic E-state index is -0.111. The molecule has 1 atom stereocenters. The number of hydrogen-bond donors (Lipinski definition) is 0. The summed E-state index contributed by atoms with van der Waals surface area (Å²) in [6.07, 6.45) is 0.986. The van der Waals surface area contributed by atoms with E-state index in [1.807, 2.05) is 53.4 Å². The summed E-state index contributed by atoms with van der Waals surface area (Å²) in [5.41, 5.74) is 2.79. The first-order chi connectivity index (χ1) is 16.6. The summed E-state index contributed by atoms with van der Waals surface area (Å²) in [5.74, 6) is -0.0530. The lowest BCUT2D eigenvalue weighted by molar-refractivity contribution is -0.134. The molecule has 0 aromatic heterocycles. The van der Waals surface area contributed by atoms with Crippen molar-refractivity contribution in [2.45, 2.75) is 25.5 Å². The molecule has 0 N–H and O–H groups in total. The first-order valence-electron chi connectivity index (χ1n) is 11.6. The molecule has 0 unspecified atom stereocenters. The van der Waals surface area contributed by atoms with E-state index >= 15 is 0 Å². The number of halogens is 1. The number of carbonyl (C=O) groups excluding carboxylic acids is 2. The summed E-state index contributed by atoms with van der Waals surface area (Å²) in [6, 6.07) is 27.0. The Kier molecular flexibility index (Phi) is 8.34. The van der Waals surface area contributed by atoms with E-state index in [-0.39, 0.29) is 24.3 Å². The smallest absolute Gasteiger partial charge is 0.253 e. The Morgan fingerprint density at radius 2 is 1.59 bits per heavy atom. The Labute approximate surface area is 205 Å². The van der Waals surface area contributed by atoms with E-state index in [1.54, 1.807) is 29.2 Å². The van der Waals surface area contributed by atoms with Crippen LogP contribution in [0.25, 0.3) is 0 Å². The molecule has 3 aromatic carbocycles. The minimum absolute atomic E-state index is 0.0469. The molecule has 0 spiro atoms. The number of rotatable bonds is 8. The second kappa shape index (κ2) is 11.8. The summed E-state index contributed by atoms with van der Waals surface area (Å²) in [7, 11) is 0. The molecule has 4 rings (SSSR count). The van der Waals surface area contributed by atoms with Crippen molar-refractivity contribution in [2.24, 2.45) is 0 Å². The van der Waals surface area contributed by atoms with Gasteiger partial charge >= 0.3 is 0 Å². The van der Waals surface area contributed by atoms with Crippen molar-refractivity contribution in [1.82, 2.24) is 9.80 Å². The van der Waals surface area contributed by atoms with E-state index in [0.717, 1.165) is 11.1 Å². The molecule has 0 radical (unpaired) electrons. The molecule has 1 aliphatic rings. The van der Waals surface area contributed by atoms with Crippen molar-refractivity contribution in [3.8, 4) is 0 Å². The topological polar surface area (TPSA) is 49.9 Å². The maximum Gasteiger partial charge on any atom is 0.253 e. The molecule has 176 valence electrons. The Morgan fingerprint density at radius 1 is 0.882 bits per heavy atom. The lowest BCUT2D eigenvalue weighted by Crippen LogP contribution is -2.45. The number of benzene rings is 3. The Hall–Kier alpha value is -3.15. The van der Waals surface area contributed by atoms with Crippen LogP contribution in [-0.4, -0.2) is 53.9 Å². The van der Waals surface area contributed by atoms with E-state index in [0.29, 0.717) is 49.9 Å². The molecule has 2 amide bonds. The van der Waals surface area contributed by atoms with Crippen LogP contribution < -0.4 is 0 Å². The summed E-state index contributed by atoms with van der Waals surface area (Å²) >= 11 is 6.07. The van der Waals surface area contributed by atoms with Crippen LogP contribution in [0.4, 0.5) is 0 Å². The van der Waals surface area contributed by atoms with Crippen molar-refractivity contribution in [1.29, 1.82) is 0 Å². The van der Waals surface area contributed by atoms with Gasteiger partial charge in [-0.1, -0.05) is 78.3 Å². The van der Waals surface area contributed by atoms with Gasteiger partial charge in [0.15, 0.2) is 0 Å². The zero-order chi connectivity index (χ0) is 23.8. The number of nitrogens with zero attached hydrogens (tertiary/aromatic N) is 2. The van der Waals surface area contributed by atoms with Crippen LogP contribution in [0.1, 0.15) is 27.9 Å². The third-order valence-electron chi connectivity index (χ3n) is 6.06. The van der Waals surface area contributed by atoms with Gasteiger partial charge in [-0.3, -0.25) is 9.59 Å². The standard InChI is InChI=1S/C28H29ClN2O3/c29-25-13-7-12-24(19-25)28(33)30-15-14-27(32)31(17-16-30)26(18-22-8-3-1-4-9-22)21-34-20-23-10-5-2-6-11-23/h1-13,19,26H,14-18,20-21H2/t26-/m0/s1. The van der Waals surface area contributed by atoms with Gasteiger partial charge in [0.25, 0.3) is 5.91 Å². The van der Waals surface area contributed by atoms with E-state index < -0.39 is 0 Å². The highest BCUT2D eigenvalue weighted by molar-refractivity contribution is 6.30. The maximum absolute atomic E-state index is 13.1. The van der Waals surface area contributed by atoms with Crippen LogP contribution in [0.5, 0.6) is 0 Å².